The van der Waals surface area contributed by atoms with E-state index in [-0.39, 0.29) is 27.7 Å². The van der Waals surface area contributed by atoms with Crippen LogP contribution < -0.4 is 5.32 Å². The number of halogens is 1. The summed E-state index contributed by atoms with van der Waals surface area (Å²) in [6.07, 6.45) is 0.504. The summed E-state index contributed by atoms with van der Waals surface area (Å²) in [5, 5.41) is 2.52. The van der Waals surface area contributed by atoms with Gasteiger partial charge in [0.25, 0.3) is 0 Å². The predicted octanol–water partition coefficient (Wildman–Crippen LogP) is 1.90. The molecule has 0 aliphatic heterocycles. The van der Waals surface area contributed by atoms with Crippen LogP contribution in [0.3, 0.4) is 0 Å². The first kappa shape index (κ1) is 13.2. The molecule has 0 aromatic heterocycles. The third kappa shape index (κ3) is 3.04. The van der Waals surface area contributed by atoms with E-state index < -0.39 is 5.97 Å². The normalized spacial score (nSPS) is 9.59. The van der Waals surface area contributed by atoms with Crippen molar-refractivity contribution in [3.8, 4) is 0 Å². The molecule has 0 heterocycles. The van der Waals surface area contributed by atoms with Crippen LogP contribution in [0.5, 0.6) is 0 Å². The largest absolute Gasteiger partial charge is 0.465 e. The standard InChI is InChI=1S/C11H10ClNO4/c1-6(15)13-10-8(5-14)3-7(4-9(10)12)11(16)17-2/h3-5H,1-2H3,(H,13,15). The van der Waals surface area contributed by atoms with Crippen molar-refractivity contribution in [1.29, 1.82) is 0 Å². The second-order valence-corrected chi connectivity index (χ2v) is 3.62. The van der Waals surface area contributed by atoms with Crippen LogP contribution >= 0.6 is 11.6 Å². The highest BCUT2D eigenvalue weighted by Gasteiger charge is 2.14. The molecule has 0 atom stereocenters. The minimum absolute atomic E-state index is 0.102. The monoisotopic (exact) mass is 255 g/mol. The van der Waals surface area contributed by atoms with Crippen LogP contribution in [0, 0.1) is 0 Å². The Morgan fingerprint density at radius 1 is 1.41 bits per heavy atom. The van der Waals surface area contributed by atoms with E-state index in [1.807, 2.05) is 0 Å². The Hall–Kier alpha value is -1.88. The van der Waals surface area contributed by atoms with Gasteiger partial charge in [-0.3, -0.25) is 9.59 Å². The molecule has 6 heteroatoms. The molecule has 1 N–H and O–H groups in total. The van der Waals surface area contributed by atoms with Crippen molar-refractivity contribution >= 4 is 35.5 Å². The lowest BCUT2D eigenvalue weighted by molar-refractivity contribution is -0.114. The van der Waals surface area contributed by atoms with E-state index in [1.54, 1.807) is 0 Å². The van der Waals surface area contributed by atoms with Crippen LogP contribution in [0.25, 0.3) is 0 Å². The SMILES string of the molecule is COC(=O)c1cc(Cl)c(NC(C)=O)c(C=O)c1. The van der Waals surface area contributed by atoms with Crippen molar-refractivity contribution in [2.45, 2.75) is 6.92 Å². The van der Waals surface area contributed by atoms with E-state index in [4.69, 9.17) is 11.6 Å². The van der Waals surface area contributed by atoms with Gasteiger partial charge in [-0.05, 0) is 12.1 Å². The highest BCUT2D eigenvalue weighted by Crippen LogP contribution is 2.27. The summed E-state index contributed by atoms with van der Waals surface area (Å²) >= 11 is 5.88. The Kier molecular flexibility index (Phi) is 4.23. The van der Waals surface area contributed by atoms with Crippen LogP contribution in [-0.4, -0.2) is 25.3 Å². The number of carbonyl (C=O) groups excluding carboxylic acids is 3. The number of esters is 1. The number of benzene rings is 1. The fraction of sp³-hybridized carbons (Fsp3) is 0.182. The van der Waals surface area contributed by atoms with Crippen LogP contribution in [0.15, 0.2) is 12.1 Å². The smallest absolute Gasteiger partial charge is 0.337 e. The Morgan fingerprint density at radius 2 is 2.06 bits per heavy atom. The van der Waals surface area contributed by atoms with Crippen LogP contribution in [0.4, 0.5) is 5.69 Å². The molecule has 1 aromatic rings. The molecule has 1 aromatic carbocycles. The molecule has 17 heavy (non-hydrogen) atoms. The molecule has 0 saturated carbocycles. The van der Waals surface area contributed by atoms with Crippen molar-refractivity contribution in [3.63, 3.8) is 0 Å². The number of carbonyl (C=O) groups is 3. The van der Waals surface area contributed by atoms with Gasteiger partial charge in [-0.1, -0.05) is 11.6 Å². The average Bonchev–Trinajstić information content (AvgIpc) is 2.29. The lowest BCUT2D eigenvalue weighted by atomic mass is 10.1. The van der Waals surface area contributed by atoms with Gasteiger partial charge in [0.05, 0.1) is 23.4 Å². The molecule has 0 saturated heterocycles. The highest BCUT2D eigenvalue weighted by molar-refractivity contribution is 6.34. The first-order valence-electron chi connectivity index (χ1n) is 4.64. The second-order valence-electron chi connectivity index (χ2n) is 3.21. The number of hydrogen-bond acceptors (Lipinski definition) is 4. The topological polar surface area (TPSA) is 72.5 Å². The molecular formula is C11H10ClNO4. The zero-order chi connectivity index (χ0) is 13.0. The minimum Gasteiger partial charge on any atom is -0.465 e. The summed E-state index contributed by atoms with van der Waals surface area (Å²) < 4.78 is 4.51. The van der Waals surface area contributed by atoms with Gasteiger partial charge < -0.3 is 10.1 Å². The first-order chi connectivity index (χ1) is 7.99. The zero-order valence-corrected chi connectivity index (χ0v) is 10.00. The lowest BCUT2D eigenvalue weighted by Gasteiger charge is -2.09. The van der Waals surface area contributed by atoms with E-state index in [2.05, 4.69) is 10.1 Å². The average molecular weight is 256 g/mol. The van der Waals surface area contributed by atoms with E-state index >= 15 is 0 Å². The fourth-order valence-electron chi connectivity index (χ4n) is 1.26. The van der Waals surface area contributed by atoms with Crippen molar-refractivity contribution in [2.24, 2.45) is 0 Å². The van der Waals surface area contributed by atoms with Gasteiger partial charge in [-0.2, -0.15) is 0 Å². The molecule has 1 amide bonds. The molecule has 1 rings (SSSR count). The maximum Gasteiger partial charge on any atom is 0.337 e. The Balaban J connectivity index is 3.30. The Morgan fingerprint density at radius 3 is 2.53 bits per heavy atom. The Labute approximate surface area is 103 Å². The van der Waals surface area contributed by atoms with Crippen molar-refractivity contribution in [2.75, 3.05) is 12.4 Å². The molecule has 0 aliphatic rings. The fourth-order valence-corrected chi connectivity index (χ4v) is 1.54. The van der Waals surface area contributed by atoms with Crippen molar-refractivity contribution in [3.05, 3.63) is 28.3 Å². The number of aldehydes is 1. The van der Waals surface area contributed by atoms with Gasteiger partial charge in [0.1, 0.15) is 0 Å². The highest BCUT2D eigenvalue weighted by atomic mass is 35.5. The lowest BCUT2D eigenvalue weighted by Crippen LogP contribution is -2.10. The number of methoxy groups -OCH3 is 1. The third-order valence-electron chi connectivity index (χ3n) is 1.97. The van der Waals surface area contributed by atoms with Gasteiger partial charge in [-0.25, -0.2) is 4.79 Å². The molecular weight excluding hydrogens is 246 g/mol. The number of ether oxygens (including phenoxy) is 1. The second kappa shape index (κ2) is 5.45. The van der Waals surface area contributed by atoms with E-state index in [0.29, 0.717) is 6.29 Å². The summed E-state index contributed by atoms with van der Waals surface area (Å²) in [6, 6.07) is 2.63. The molecule has 0 fully saturated rings. The molecule has 0 radical (unpaired) electrons. The molecule has 5 nitrogen and oxygen atoms in total. The van der Waals surface area contributed by atoms with Crippen molar-refractivity contribution in [1.82, 2.24) is 0 Å². The number of amides is 1. The van der Waals surface area contributed by atoms with E-state index in [1.165, 1.54) is 26.2 Å². The third-order valence-corrected chi connectivity index (χ3v) is 2.27. The number of rotatable bonds is 3. The van der Waals surface area contributed by atoms with Crippen LogP contribution in [-0.2, 0) is 9.53 Å². The Bertz CT molecular complexity index is 485. The number of nitrogens with one attached hydrogen (secondary N) is 1. The molecule has 0 bridgehead atoms. The van der Waals surface area contributed by atoms with Crippen molar-refractivity contribution < 1.29 is 19.1 Å². The van der Waals surface area contributed by atoms with Crippen LogP contribution in [0.2, 0.25) is 5.02 Å². The predicted molar refractivity (Wildman–Crippen MR) is 62.5 cm³/mol. The minimum atomic E-state index is -0.607. The maximum atomic E-state index is 11.3. The van der Waals surface area contributed by atoms with Crippen LogP contribution in [0.1, 0.15) is 27.6 Å². The summed E-state index contributed by atoms with van der Waals surface area (Å²) in [7, 11) is 1.22. The summed E-state index contributed by atoms with van der Waals surface area (Å²) in [6.45, 7) is 1.29. The zero-order valence-electron chi connectivity index (χ0n) is 9.24. The molecule has 0 spiro atoms. The van der Waals surface area contributed by atoms with Gasteiger partial charge in [-0.15, -0.1) is 0 Å². The summed E-state index contributed by atoms with van der Waals surface area (Å²) in [5.74, 6) is -0.967. The number of anilines is 1. The van der Waals surface area contributed by atoms with Gasteiger partial charge in [0.15, 0.2) is 6.29 Å². The van der Waals surface area contributed by atoms with Gasteiger partial charge in [0.2, 0.25) is 5.91 Å². The number of hydrogen-bond donors (Lipinski definition) is 1. The van der Waals surface area contributed by atoms with E-state index in [0.717, 1.165) is 0 Å². The summed E-state index contributed by atoms with van der Waals surface area (Å²) in [4.78, 5) is 33.1. The van der Waals surface area contributed by atoms with Gasteiger partial charge >= 0.3 is 5.97 Å². The maximum absolute atomic E-state index is 11.3. The molecule has 0 unspecified atom stereocenters. The summed E-state index contributed by atoms with van der Waals surface area (Å²) in [5.41, 5.74) is 0.448. The first-order valence-corrected chi connectivity index (χ1v) is 5.02. The van der Waals surface area contributed by atoms with Gasteiger partial charge in [0, 0.05) is 12.5 Å². The molecule has 0 aliphatic carbocycles. The quantitative estimate of drug-likeness (QED) is 0.661. The molecule has 90 valence electrons. The van der Waals surface area contributed by atoms with E-state index in [9.17, 15) is 14.4 Å².